The molecule has 0 bridgehead atoms. The standard InChI is InChI=1S/C20H29N3O2S/c1-6-9-23(5)18(25)11(2)13-7-8-20(4)10-14-16(22-19(21)26-14)12(3)15(20)17(13)24/h1,11-13,15,17,24H,7-10H2,2-5H3,(H2,21,22)/t11-,12-,13?,15+,17-,20-/m0/s1. The van der Waals surface area contributed by atoms with Crippen LogP contribution in [0.1, 0.15) is 50.1 Å². The number of nitrogens with zero attached hydrogens (tertiary/aromatic N) is 2. The molecule has 1 fully saturated rings. The maximum Gasteiger partial charge on any atom is 0.226 e. The van der Waals surface area contributed by atoms with Crippen molar-refractivity contribution in [2.24, 2.45) is 23.2 Å². The Labute approximate surface area is 160 Å². The highest BCUT2D eigenvalue weighted by molar-refractivity contribution is 7.15. The van der Waals surface area contributed by atoms with Gasteiger partial charge in [0.15, 0.2) is 5.13 Å². The van der Waals surface area contributed by atoms with Gasteiger partial charge in [0.25, 0.3) is 0 Å². The van der Waals surface area contributed by atoms with Crippen LogP contribution in [0.2, 0.25) is 0 Å². The highest BCUT2D eigenvalue weighted by Gasteiger charge is 2.53. The zero-order valence-electron chi connectivity index (χ0n) is 16.0. The minimum Gasteiger partial charge on any atom is -0.392 e. The lowest BCUT2D eigenvalue weighted by Gasteiger charge is -2.53. The molecule has 3 rings (SSSR count). The average Bonchev–Trinajstić information content (AvgIpc) is 2.93. The number of carbonyl (C=O) groups excluding carboxylic acids is 1. The van der Waals surface area contributed by atoms with E-state index in [-0.39, 0.29) is 35.0 Å². The molecule has 1 heterocycles. The average molecular weight is 376 g/mol. The molecule has 3 N–H and O–H groups in total. The zero-order valence-corrected chi connectivity index (χ0v) is 16.8. The monoisotopic (exact) mass is 375 g/mol. The molecule has 0 radical (unpaired) electrons. The second-order valence-electron chi connectivity index (χ2n) is 8.39. The van der Waals surface area contributed by atoms with Gasteiger partial charge in [-0.2, -0.15) is 0 Å². The van der Waals surface area contributed by atoms with Crippen molar-refractivity contribution in [2.45, 2.75) is 52.1 Å². The van der Waals surface area contributed by atoms with Crippen LogP contribution in [0.15, 0.2) is 0 Å². The molecule has 2 aliphatic rings. The smallest absolute Gasteiger partial charge is 0.226 e. The van der Waals surface area contributed by atoms with Crippen molar-refractivity contribution in [3.8, 4) is 12.3 Å². The summed E-state index contributed by atoms with van der Waals surface area (Å²) in [4.78, 5) is 20.1. The number of aliphatic hydroxyl groups is 1. The zero-order chi connectivity index (χ0) is 19.2. The molecule has 142 valence electrons. The first kappa shape index (κ1) is 19.2. The van der Waals surface area contributed by atoms with E-state index >= 15 is 0 Å². The first-order valence-corrected chi connectivity index (χ1v) is 10.1. The summed E-state index contributed by atoms with van der Waals surface area (Å²) in [5, 5.41) is 11.9. The maximum absolute atomic E-state index is 12.7. The fraction of sp³-hybridized carbons (Fsp3) is 0.700. The molecule has 0 aliphatic heterocycles. The van der Waals surface area contributed by atoms with Gasteiger partial charge in [-0.15, -0.1) is 17.8 Å². The Balaban J connectivity index is 1.86. The normalized spacial score (nSPS) is 34.3. The molecule has 0 aromatic carbocycles. The van der Waals surface area contributed by atoms with E-state index in [2.05, 4.69) is 24.8 Å². The van der Waals surface area contributed by atoms with Crippen LogP contribution in [-0.2, 0) is 11.2 Å². The number of rotatable bonds is 3. The van der Waals surface area contributed by atoms with Crippen molar-refractivity contribution in [2.75, 3.05) is 19.3 Å². The van der Waals surface area contributed by atoms with Crippen molar-refractivity contribution in [1.82, 2.24) is 9.88 Å². The minimum absolute atomic E-state index is 0.0117. The van der Waals surface area contributed by atoms with Crippen LogP contribution < -0.4 is 5.73 Å². The van der Waals surface area contributed by atoms with Crippen molar-refractivity contribution >= 4 is 22.4 Å². The predicted molar refractivity (Wildman–Crippen MR) is 105 cm³/mol. The Hall–Kier alpha value is -1.58. The van der Waals surface area contributed by atoms with Gasteiger partial charge in [0, 0.05) is 23.8 Å². The van der Waals surface area contributed by atoms with Crippen LogP contribution in [0.25, 0.3) is 0 Å². The third-order valence-corrected chi connectivity index (χ3v) is 7.58. The number of thiazole rings is 1. The van der Waals surface area contributed by atoms with E-state index in [9.17, 15) is 9.90 Å². The number of fused-ring (bicyclic) bond motifs is 2. The number of hydrogen-bond donors (Lipinski definition) is 2. The highest BCUT2D eigenvalue weighted by atomic mass is 32.1. The minimum atomic E-state index is -0.530. The number of anilines is 1. The van der Waals surface area contributed by atoms with Crippen LogP contribution in [0, 0.1) is 35.5 Å². The highest BCUT2D eigenvalue weighted by Crippen LogP contribution is 2.57. The molecule has 1 amide bonds. The maximum atomic E-state index is 12.7. The predicted octanol–water partition coefficient (Wildman–Crippen LogP) is 2.51. The van der Waals surface area contributed by atoms with Gasteiger partial charge in [0.1, 0.15) is 0 Å². The quantitative estimate of drug-likeness (QED) is 0.796. The summed E-state index contributed by atoms with van der Waals surface area (Å²) in [6, 6.07) is 0. The summed E-state index contributed by atoms with van der Waals surface area (Å²) in [6.07, 6.45) is 7.56. The molecule has 0 saturated heterocycles. The summed E-state index contributed by atoms with van der Waals surface area (Å²) in [6.45, 7) is 6.63. The Morgan fingerprint density at radius 2 is 2.31 bits per heavy atom. The van der Waals surface area contributed by atoms with Gasteiger partial charge in [0.05, 0.1) is 18.3 Å². The van der Waals surface area contributed by atoms with E-state index in [4.69, 9.17) is 12.2 Å². The molecule has 2 aliphatic carbocycles. The number of amides is 1. The van der Waals surface area contributed by atoms with E-state index in [1.165, 1.54) is 4.88 Å². The molecular formula is C20H29N3O2S. The number of nitrogens with two attached hydrogens (primary N) is 1. The Morgan fingerprint density at radius 1 is 1.62 bits per heavy atom. The van der Waals surface area contributed by atoms with Crippen LogP contribution >= 0.6 is 11.3 Å². The van der Waals surface area contributed by atoms with E-state index in [0.29, 0.717) is 11.7 Å². The van der Waals surface area contributed by atoms with Gasteiger partial charge in [-0.05, 0) is 36.5 Å². The molecule has 5 nitrogen and oxygen atoms in total. The van der Waals surface area contributed by atoms with Gasteiger partial charge in [-0.1, -0.05) is 26.7 Å². The van der Waals surface area contributed by atoms with Crippen molar-refractivity contribution < 1.29 is 9.90 Å². The third kappa shape index (κ3) is 3.01. The molecule has 0 spiro atoms. The van der Waals surface area contributed by atoms with E-state index in [1.54, 1.807) is 23.3 Å². The Bertz CT molecular complexity index is 740. The molecule has 26 heavy (non-hydrogen) atoms. The number of nitrogen functional groups attached to an aromatic ring is 1. The fourth-order valence-electron chi connectivity index (χ4n) is 5.31. The molecule has 1 saturated carbocycles. The molecular weight excluding hydrogens is 346 g/mol. The van der Waals surface area contributed by atoms with Crippen LogP contribution in [0.4, 0.5) is 5.13 Å². The summed E-state index contributed by atoms with van der Waals surface area (Å²) in [7, 11) is 1.73. The van der Waals surface area contributed by atoms with E-state index < -0.39 is 6.10 Å². The van der Waals surface area contributed by atoms with Gasteiger partial charge >= 0.3 is 0 Å². The van der Waals surface area contributed by atoms with E-state index in [1.807, 2.05) is 6.92 Å². The number of terminal acetylenes is 1. The third-order valence-electron chi connectivity index (χ3n) is 6.68. The van der Waals surface area contributed by atoms with Crippen LogP contribution in [-0.4, -0.2) is 40.6 Å². The van der Waals surface area contributed by atoms with Crippen molar-refractivity contribution in [1.29, 1.82) is 0 Å². The summed E-state index contributed by atoms with van der Waals surface area (Å²) in [5.41, 5.74) is 7.01. The summed E-state index contributed by atoms with van der Waals surface area (Å²) < 4.78 is 0. The van der Waals surface area contributed by atoms with Gasteiger partial charge in [-0.25, -0.2) is 4.98 Å². The number of carbonyl (C=O) groups is 1. The molecule has 6 atom stereocenters. The largest absolute Gasteiger partial charge is 0.392 e. The topological polar surface area (TPSA) is 79.5 Å². The Morgan fingerprint density at radius 3 is 2.96 bits per heavy atom. The van der Waals surface area contributed by atoms with E-state index in [0.717, 1.165) is 25.0 Å². The molecule has 1 aromatic heterocycles. The lowest BCUT2D eigenvalue weighted by atomic mass is 9.53. The number of aromatic nitrogens is 1. The molecule has 6 heteroatoms. The van der Waals surface area contributed by atoms with Crippen LogP contribution in [0.3, 0.4) is 0 Å². The van der Waals surface area contributed by atoms with Crippen LogP contribution in [0.5, 0.6) is 0 Å². The second kappa shape index (κ2) is 6.86. The first-order valence-electron chi connectivity index (χ1n) is 9.31. The summed E-state index contributed by atoms with van der Waals surface area (Å²) >= 11 is 1.58. The number of hydrogen-bond acceptors (Lipinski definition) is 5. The lowest BCUT2D eigenvalue weighted by Crippen LogP contribution is -2.53. The summed E-state index contributed by atoms with van der Waals surface area (Å²) in [5.74, 6) is 2.45. The van der Waals surface area contributed by atoms with Crippen molar-refractivity contribution in [3.63, 3.8) is 0 Å². The number of aliphatic hydroxyl groups excluding tert-OH is 1. The molecule has 1 aromatic rings. The second-order valence-corrected chi connectivity index (χ2v) is 9.50. The van der Waals surface area contributed by atoms with Gasteiger partial charge in [-0.3, -0.25) is 4.79 Å². The fourth-order valence-corrected chi connectivity index (χ4v) is 6.45. The van der Waals surface area contributed by atoms with Crippen molar-refractivity contribution in [3.05, 3.63) is 10.6 Å². The SMILES string of the molecule is C#CCN(C)C(=O)[C@@H](C)C1CC[C@@]2(C)Cc3sc(N)nc3[C@@H](C)[C@@H]2[C@H]1O. The van der Waals surface area contributed by atoms with Gasteiger partial charge in [0.2, 0.25) is 5.91 Å². The van der Waals surface area contributed by atoms with Gasteiger partial charge < -0.3 is 15.7 Å². The Kier molecular flexibility index (Phi) is 5.06. The first-order chi connectivity index (χ1) is 12.2. The molecule has 1 unspecified atom stereocenters. The lowest BCUT2D eigenvalue weighted by molar-refractivity contribution is -0.142.